The Kier molecular flexibility index (Phi) is 3.84. The molecule has 2 heterocycles. The molecule has 1 atom stereocenters. The van der Waals surface area contributed by atoms with Crippen molar-refractivity contribution in [2.45, 2.75) is 19.4 Å². The molecule has 1 aromatic heterocycles. The summed E-state index contributed by atoms with van der Waals surface area (Å²) in [6.07, 6.45) is 2.48. The van der Waals surface area contributed by atoms with E-state index in [1.54, 1.807) is 6.20 Å². The highest BCUT2D eigenvalue weighted by Crippen LogP contribution is 2.34. The van der Waals surface area contributed by atoms with Crippen LogP contribution in [-0.4, -0.2) is 35.5 Å². The van der Waals surface area contributed by atoms with Gasteiger partial charge in [-0.25, -0.2) is 4.98 Å². The third-order valence-corrected chi connectivity index (χ3v) is 4.76. The zero-order valence-electron chi connectivity index (χ0n) is 14.4. The molecule has 0 aliphatic carbocycles. The number of anilines is 2. The fraction of sp³-hybridized carbons (Fsp3) is 0.250. The Bertz CT molecular complexity index is 940. The molecule has 0 saturated heterocycles. The summed E-state index contributed by atoms with van der Waals surface area (Å²) in [5, 5.41) is 0. The number of amides is 1. The lowest BCUT2D eigenvalue weighted by Gasteiger charge is -2.28. The number of nitrogens with zero attached hydrogens (tertiary/aromatic N) is 4. The quantitative estimate of drug-likeness (QED) is 0.684. The Labute approximate surface area is 146 Å². The first-order valence-corrected chi connectivity index (χ1v) is 8.50. The predicted molar refractivity (Wildman–Crippen MR) is 100 cm³/mol. The van der Waals surface area contributed by atoms with Crippen molar-refractivity contribution in [3.8, 4) is 0 Å². The Morgan fingerprint density at radius 3 is 2.52 bits per heavy atom. The summed E-state index contributed by atoms with van der Waals surface area (Å²) in [5.74, 6) is -0.103. The summed E-state index contributed by atoms with van der Waals surface area (Å²) in [7, 11) is 2.06. The second-order valence-electron chi connectivity index (χ2n) is 6.47. The number of para-hydroxylation sites is 4. The van der Waals surface area contributed by atoms with E-state index in [4.69, 9.17) is 0 Å². The van der Waals surface area contributed by atoms with Gasteiger partial charge in [-0.15, -0.1) is 0 Å². The number of fused-ring (bicyclic) bond motifs is 2. The molecule has 0 spiro atoms. The maximum Gasteiger partial charge on any atom is 0.278 e. The first-order chi connectivity index (χ1) is 12.1. The van der Waals surface area contributed by atoms with Crippen molar-refractivity contribution in [1.29, 1.82) is 0 Å². The third kappa shape index (κ3) is 2.71. The van der Waals surface area contributed by atoms with Crippen LogP contribution in [0.15, 0.2) is 54.7 Å². The summed E-state index contributed by atoms with van der Waals surface area (Å²) in [5.41, 5.74) is 3.90. The molecular weight excluding hydrogens is 312 g/mol. The molecule has 0 saturated carbocycles. The van der Waals surface area contributed by atoms with E-state index in [-0.39, 0.29) is 11.9 Å². The van der Waals surface area contributed by atoms with E-state index >= 15 is 0 Å². The van der Waals surface area contributed by atoms with Crippen LogP contribution in [0.3, 0.4) is 0 Å². The van der Waals surface area contributed by atoms with Crippen molar-refractivity contribution in [3.05, 3.63) is 60.4 Å². The van der Waals surface area contributed by atoms with Gasteiger partial charge in [-0.3, -0.25) is 9.78 Å². The van der Waals surface area contributed by atoms with Gasteiger partial charge in [0.2, 0.25) is 0 Å². The van der Waals surface area contributed by atoms with Crippen LogP contribution in [-0.2, 0) is 0 Å². The average Bonchev–Trinajstić information content (AvgIpc) is 2.78. The van der Waals surface area contributed by atoms with E-state index in [0.717, 1.165) is 35.4 Å². The molecule has 4 rings (SSSR count). The Balaban J connectivity index is 1.80. The summed E-state index contributed by atoms with van der Waals surface area (Å²) in [6, 6.07) is 15.7. The minimum Gasteiger partial charge on any atom is -0.373 e. The second kappa shape index (κ2) is 6.16. The maximum atomic E-state index is 13.3. The van der Waals surface area contributed by atoms with Gasteiger partial charge >= 0.3 is 0 Å². The number of hydrogen-bond acceptors (Lipinski definition) is 4. The van der Waals surface area contributed by atoms with E-state index in [9.17, 15) is 4.79 Å². The maximum absolute atomic E-state index is 13.3. The number of aromatic nitrogens is 2. The molecule has 1 aliphatic rings. The minimum atomic E-state index is -0.103. The molecule has 25 heavy (non-hydrogen) atoms. The lowest BCUT2D eigenvalue weighted by Crippen LogP contribution is -2.39. The zero-order chi connectivity index (χ0) is 17.4. The van der Waals surface area contributed by atoms with Crippen LogP contribution in [0, 0.1) is 0 Å². The molecule has 3 aromatic rings. The molecule has 2 aromatic carbocycles. The summed E-state index contributed by atoms with van der Waals surface area (Å²) >= 11 is 0. The monoisotopic (exact) mass is 332 g/mol. The topological polar surface area (TPSA) is 49.3 Å². The van der Waals surface area contributed by atoms with Crippen LogP contribution in [0.5, 0.6) is 0 Å². The first-order valence-electron chi connectivity index (χ1n) is 8.50. The molecular formula is C20H20N4O. The van der Waals surface area contributed by atoms with Crippen LogP contribution in [0.4, 0.5) is 11.4 Å². The van der Waals surface area contributed by atoms with Gasteiger partial charge < -0.3 is 9.80 Å². The number of benzene rings is 2. The highest BCUT2D eigenvalue weighted by molar-refractivity contribution is 6.07. The van der Waals surface area contributed by atoms with Gasteiger partial charge in [-0.05, 0) is 37.6 Å². The largest absolute Gasteiger partial charge is 0.373 e. The summed E-state index contributed by atoms with van der Waals surface area (Å²) in [4.78, 5) is 26.3. The predicted octanol–water partition coefficient (Wildman–Crippen LogP) is 3.51. The number of carbonyl (C=O) groups is 1. The fourth-order valence-electron chi connectivity index (χ4n) is 3.35. The van der Waals surface area contributed by atoms with Crippen molar-refractivity contribution in [3.63, 3.8) is 0 Å². The molecule has 1 aliphatic heterocycles. The van der Waals surface area contributed by atoms with Crippen molar-refractivity contribution in [2.75, 3.05) is 23.4 Å². The SMILES string of the molecule is C[C@H]1CCN(C)c2ccccc2N1C(=O)c1cnc2ccccc2n1. The van der Waals surface area contributed by atoms with Crippen LogP contribution < -0.4 is 9.80 Å². The average molecular weight is 332 g/mol. The van der Waals surface area contributed by atoms with Gasteiger partial charge in [0.15, 0.2) is 0 Å². The molecule has 5 heteroatoms. The van der Waals surface area contributed by atoms with E-state index in [1.165, 1.54) is 0 Å². The number of carbonyl (C=O) groups excluding carboxylic acids is 1. The zero-order valence-corrected chi connectivity index (χ0v) is 14.4. The Morgan fingerprint density at radius 2 is 1.72 bits per heavy atom. The van der Waals surface area contributed by atoms with Gasteiger partial charge in [0.25, 0.3) is 5.91 Å². The van der Waals surface area contributed by atoms with E-state index < -0.39 is 0 Å². The van der Waals surface area contributed by atoms with E-state index in [2.05, 4.69) is 34.9 Å². The normalized spacial score (nSPS) is 17.3. The van der Waals surface area contributed by atoms with Crippen molar-refractivity contribution < 1.29 is 4.79 Å². The number of rotatable bonds is 1. The van der Waals surface area contributed by atoms with Crippen LogP contribution in [0.1, 0.15) is 23.8 Å². The van der Waals surface area contributed by atoms with Crippen molar-refractivity contribution in [1.82, 2.24) is 9.97 Å². The highest BCUT2D eigenvalue weighted by Gasteiger charge is 2.30. The first kappa shape index (κ1) is 15.6. The molecule has 5 nitrogen and oxygen atoms in total. The second-order valence-corrected chi connectivity index (χ2v) is 6.47. The molecule has 0 unspecified atom stereocenters. The van der Waals surface area contributed by atoms with Crippen LogP contribution >= 0.6 is 0 Å². The minimum absolute atomic E-state index is 0.0897. The lowest BCUT2D eigenvalue weighted by molar-refractivity contribution is 0.0973. The Morgan fingerprint density at radius 1 is 1.04 bits per heavy atom. The van der Waals surface area contributed by atoms with Crippen molar-refractivity contribution >= 4 is 28.3 Å². The Hall–Kier alpha value is -2.95. The van der Waals surface area contributed by atoms with E-state index in [1.807, 2.05) is 47.4 Å². The smallest absolute Gasteiger partial charge is 0.278 e. The molecule has 126 valence electrons. The van der Waals surface area contributed by atoms with Gasteiger partial charge in [-0.1, -0.05) is 24.3 Å². The molecule has 0 bridgehead atoms. The van der Waals surface area contributed by atoms with E-state index in [0.29, 0.717) is 5.69 Å². The third-order valence-electron chi connectivity index (χ3n) is 4.76. The van der Waals surface area contributed by atoms with Crippen molar-refractivity contribution in [2.24, 2.45) is 0 Å². The molecule has 1 amide bonds. The van der Waals surface area contributed by atoms with Gasteiger partial charge in [-0.2, -0.15) is 0 Å². The van der Waals surface area contributed by atoms with Gasteiger partial charge in [0.05, 0.1) is 28.6 Å². The molecule has 0 N–H and O–H groups in total. The number of hydrogen-bond donors (Lipinski definition) is 0. The highest BCUT2D eigenvalue weighted by atomic mass is 16.2. The molecule has 0 fully saturated rings. The summed E-state index contributed by atoms with van der Waals surface area (Å²) < 4.78 is 0. The standard InChI is InChI=1S/C20H20N4O/c1-14-11-12-23(2)18-9-5-6-10-19(18)24(14)20(25)17-13-21-15-7-3-4-8-16(15)22-17/h3-10,13-14H,11-12H2,1-2H3/t14-/m0/s1. The van der Waals surface area contributed by atoms with Gasteiger partial charge in [0.1, 0.15) is 5.69 Å². The van der Waals surface area contributed by atoms with Crippen LogP contribution in [0.2, 0.25) is 0 Å². The summed E-state index contributed by atoms with van der Waals surface area (Å²) in [6.45, 7) is 2.99. The van der Waals surface area contributed by atoms with Gasteiger partial charge in [0, 0.05) is 19.6 Å². The van der Waals surface area contributed by atoms with Crippen LogP contribution in [0.25, 0.3) is 11.0 Å². The fourth-order valence-corrected chi connectivity index (χ4v) is 3.35. The lowest BCUT2D eigenvalue weighted by atomic mass is 10.1. The molecule has 0 radical (unpaired) electrons.